The van der Waals surface area contributed by atoms with Gasteiger partial charge in [0.15, 0.2) is 0 Å². The van der Waals surface area contributed by atoms with Crippen LogP contribution in [-0.2, 0) is 6.54 Å². The molecule has 0 unspecified atom stereocenters. The van der Waals surface area contributed by atoms with E-state index >= 15 is 0 Å². The fraction of sp³-hybridized carbons (Fsp3) is 0.583. The Kier molecular flexibility index (Phi) is 6.09. The van der Waals surface area contributed by atoms with Crippen molar-refractivity contribution < 1.29 is 0 Å². The van der Waals surface area contributed by atoms with Gasteiger partial charge in [0.1, 0.15) is 10.9 Å². The maximum absolute atomic E-state index is 8.69. The molecule has 0 aliphatic heterocycles. The van der Waals surface area contributed by atoms with Gasteiger partial charge in [-0.2, -0.15) is 5.26 Å². The molecule has 0 atom stereocenters. The van der Waals surface area contributed by atoms with Gasteiger partial charge in [-0.1, -0.05) is 13.8 Å². The third-order valence-corrected chi connectivity index (χ3v) is 3.56. The molecule has 0 radical (unpaired) electrons. The molecule has 88 valence electrons. The minimum absolute atomic E-state index is 0.792. The first kappa shape index (κ1) is 13.2. The minimum Gasteiger partial charge on any atom is -0.311 e. The topological polar surface area (TPSA) is 39.1 Å². The van der Waals surface area contributed by atoms with Gasteiger partial charge in [-0.15, -0.1) is 11.3 Å². The lowest BCUT2D eigenvalue weighted by atomic mass is 10.4. The van der Waals surface area contributed by atoms with Crippen molar-refractivity contribution in [2.24, 2.45) is 0 Å². The number of thiophene rings is 1. The van der Waals surface area contributed by atoms with E-state index < -0.39 is 0 Å². The van der Waals surface area contributed by atoms with Crippen LogP contribution < -0.4 is 5.32 Å². The number of hydrogen-bond donors (Lipinski definition) is 1. The maximum Gasteiger partial charge on any atom is 0.110 e. The van der Waals surface area contributed by atoms with Gasteiger partial charge >= 0.3 is 0 Å². The highest BCUT2D eigenvalue weighted by molar-refractivity contribution is 7.12. The maximum atomic E-state index is 8.69. The summed E-state index contributed by atoms with van der Waals surface area (Å²) in [7, 11) is 0. The van der Waals surface area contributed by atoms with Crippen molar-refractivity contribution in [1.29, 1.82) is 5.26 Å². The molecule has 1 aromatic heterocycles. The second kappa shape index (κ2) is 7.39. The van der Waals surface area contributed by atoms with E-state index in [1.165, 1.54) is 4.88 Å². The molecule has 0 fully saturated rings. The zero-order valence-corrected chi connectivity index (χ0v) is 10.8. The van der Waals surface area contributed by atoms with E-state index in [2.05, 4.69) is 30.1 Å². The van der Waals surface area contributed by atoms with E-state index in [1.807, 2.05) is 12.1 Å². The van der Waals surface area contributed by atoms with Crippen LogP contribution in [-0.4, -0.2) is 31.1 Å². The molecule has 0 saturated heterocycles. The van der Waals surface area contributed by atoms with Gasteiger partial charge in [0.05, 0.1) is 0 Å². The van der Waals surface area contributed by atoms with Crippen molar-refractivity contribution in [3.63, 3.8) is 0 Å². The number of nitrogens with one attached hydrogen (secondary N) is 1. The smallest absolute Gasteiger partial charge is 0.110 e. The van der Waals surface area contributed by atoms with E-state index in [0.29, 0.717) is 0 Å². The first-order chi connectivity index (χ1) is 7.80. The van der Waals surface area contributed by atoms with Crippen LogP contribution in [0.25, 0.3) is 0 Å². The minimum atomic E-state index is 0.792. The highest BCUT2D eigenvalue weighted by Crippen LogP contribution is 2.14. The van der Waals surface area contributed by atoms with Crippen LogP contribution in [0.5, 0.6) is 0 Å². The van der Waals surface area contributed by atoms with Crippen molar-refractivity contribution >= 4 is 11.3 Å². The average Bonchev–Trinajstić information content (AvgIpc) is 2.77. The summed E-state index contributed by atoms with van der Waals surface area (Å²) >= 11 is 1.57. The molecule has 0 aliphatic carbocycles. The van der Waals surface area contributed by atoms with Gasteiger partial charge in [-0.05, 0) is 25.2 Å². The molecule has 0 saturated carbocycles. The lowest BCUT2D eigenvalue weighted by Crippen LogP contribution is -2.31. The number of hydrogen-bond acceptors (Lipinski definition) is 4. The second-order valence-electron chi connectivity index (χ2n) is 3.58. The molecular weight excluding hydrogens is 218 g/mol. The number of likely N-dealkylation sites (N-methyl/N-ethyl adjacent to an activating group) is 1. The Hall–Kier alpha value is -0.890. The summed E-state index contributed by atoms with van der Waals surface area (Å²) < 4.78 is 0. The second-order valence-corrected chi connectivity index (χ2v) is 4.75. The third-order valence-electron chi connectivity index (χ3n) is 2.57. The molecule has 0 amide bonds. The molecule has 0 aliphatic rings. The molecule has 3 nitrogen and oxygen atoms in total. The summed E-state index contributed by atoms with van der Waals surface area (Å²) in [6.07, 6.45) is 0. The monoisotopic (exact) mass is 237 g/mol. The average molecular weight is 237 g/mol. The molecular formula is C12H19N3S. The quantitative estimate of drug-likeness (QED) is 0.738. The molecule has 1 rings (SSSR count). The van der Waals surface area contributed by atoms with Gasteiger partial charge in [0.2, 0.25) is 0 Å². The van der Waals surface area contributed by atoms with Crippen molar-refractivity contribution in [3.8, 4) is 6.07 Å². The molecule has 1 heterocycles. The van der Waals surface area contributed by atoms with Crippen molar-refractivity contribution in [2.75, 3.05) is 26.2 Å². The molecule has 1 N–H and O–H groups in total. The third kappa shape index (κ3) is 4.31. The van der Waals surface area contributed by atoms with Gasteiger partial charge in [-0.3, -0.25) is 0 Å². The first-order valence-corrected chi connectivity index (χ1v) is 6.53. The van der Waals surface area contributed by atoms with E-state index in [9.17, 15) is 0 Å². The van der Waals surface area contributed by atoms with Gasteiger partial charge in [0.25, 0.3) is 0 Å². The number of nitrogens with zero attached hydrogens (tertiary/aromatic N) is 2. The molecule has 0 bridgehead atoms. The molecule has 0 aromatic carbocycles. The predicted molar refractivity (Wildman–Crippen MR) is 68.5 cm³/mol. The lowest BCUT2D eigenvalue weighted by molar-refractivity contribution is 0.302. The van der Waals surface area contributed by atoms with Crippen LogP contribution >= 0.6 is 11.3 Å². The van der Waals surface area contributed by atoms with Crippen LogP contribution in [0.1, 0.15) is 23.6 Å². The largest absolute Gasteiger partial charge is 0.311 e. The molecule has 0 spiro atoms. The van der Waals surface area contributed by atoms with E-state index in [4.69, 9.17) is 5.26 Å². The Balaban J connectivity index is 2.18. The van der Waals surface area contributed by atoms with Crippen LogP contribution in [0.2, 0.25) is 0 Å². The van der Waals surface area contributed by atoms with Crippen LogP contribution in [0.15, 0.2) is 12.1 Å². The Bertz CT molecular complexity index is 336. The Morgan fingerprint density at radius 3 is 2.69 bits per heavy atom. The lowest BCUT2D eigenvalue weighted by Gasteiger charge is -2.17. The molecule has 4 heteroatoms. The summed E-state index contributed by atoms with van der Waals surface area (Å²) in [5.41, 5.74) is 0. The fourth-order valence-electron chi connectivity index (χ4n) is 1.52. The standard InChI is InChI=1S/C12H19N3S/c1-3-15(4-2)8-7-14-10-12-6-5-11(9-13)16-12/h5-6,14H,3-4,7-8,10H2,1-2H3. The first-order valence-electron chi connectivity index (χ1n) is 5.72. The Labute approximate surface area is 102 Å². The highest BCUT2D eigenvalue weighted by atomic mass is 32.1. The summed E-state index contributed by atoms with van der Waals surface area (Å²) in [6, 6.07) is 6.06. The summed E-state index contributed by atoms with van der Waals surface area (Å²) in [5.74, 6) is 0. The van der Waals surface area contributed by atoms with Crippen LogP contribution in [0.3, 0.4) is 0 Å². The van der Waals surface area contributed by atoms with Gasteiger partial charge in [-0.25, -0.2) is 0 Å². The SMILES string of the molecule is CCN(CC)CCNCc1ccc(C#N)s1. The van der Waals surface area contributed by atoms with E-state index in [-0.39, 0.29) is 0 Å². The molecule has 1 aromatic rings. The van der Waals surface area contributed by atoms with Crippen molar-refractivity contribution in [3.05, 3.63) is 21.9 Å². The predicted octanol–water partition coefficient (Wildman–Crippen LogP) is 2.05. The van der Waals surface area contributed by atoms with Gasteiger partial charge in [0, 0.05) is 24.5 Å². The van der Waals surface area contributed by atoms with E-state index in [0.717, 1.165) is 37.6 Å². The highest BCUT2D eigenvalue weighted by Gasteiger charge is 2.00. The van der Waals surface area contributed by atoms with Crippen molar-refractivity contribution in [1.82, 2.24) is 10.2 Å². The summed E-state index contributed by atoms with van der Waals surface area (Å²) in [6.45, 7) is 9.54. The number of rotatable bonds is 7. The zero-order valence-electron chi connectivity index (χ0n) is 9.99. The summed E-state index contributed by atoms with van der Waals surface area (Å²) in [5, 5.41) is 12.1. The van der Waals surface area contributed by atoms with Crippen LogP contribution in [0.4, 0.5) is 0 Å². The normalized spacial score (nSPS) is 10.6. The Morgan fingerprint density at radius 2 is 2.12 bits per heavy atom. The van der Waals surface area contributed by atoms with Gasteiger partial charge < -0.3 is 10.2 Å². The van der Waals surface area contributed by atoms with E-state index in [1.54, 1.807) is 11.3 Å². The summed E-state index contributed by atoms with van der Waals surface area (Å²) in [4.78, 5) is 4.42. The van der Waals surface area contributed by atoms with Crippen LogP contribution in [0, 0.1) is 11.3 Å². The number of nitriles is 1. The van der Waals surface area contributed by atoms with Crippen molar-refractivity contribution in [2.45, 2.75) is 20.4 Å². The zero-order chi connectivity index (χ0) is 11.8. The molecule has 16 heavy (non-hydrogen) atoms. The fourth-order valence-corrected chi connectivity index (χ4v) is 2.30. The Morgan fingerprint density at radius 1 is 1.38 bits per heavy atom.